The molecule has 0 radical (unpaired) electrons. The van der Waals surface area contributed by atoms with Crippen LogP contribution in [0.15, 0.2) is 16.6 Å². The smallest absolute Gasteiger partial charge is 0.127 e. The van der Waals surface area contributed by atoms with Crippen LogP contribution in [-0.2, 0) is 13.0 Å². The summed E-state index contributed by atoms with van der Waals surface area (Å²) < 4.78 is 6.76. The second kappa shape index (κ2) is 5.59. The summed E-state index contributed by atoms with van der Waals surface area (Å²) in [4.78, 5) is 0. The number of hydrogen-bond acceptors (Lipinski definition) is 3. The van der Waals surface area contributed by atoms with Gasteiger partial charge in [-0.15, -0.1) is 0 Å². The molecule has 0 bridgehead atoms. The van der Waals surface area contributed by atoms with Crippen LogP contribution in [0.2, 0.25) is 0 Å². The van der Waals surface area contributed by atoms with Crippen molar-refractivity contribution in [1.29, 1.82) is 0 Å². The lowest BCUT2D eigenvalue weighted by atomic mass is 10.0. The quantitative estimate of drug-likeness (QED) is 0.878. The van der Waals surface area contributed by atoms with Gasteiger partial charge in [0.15, 0.2) is 0 Å². The first-order valence-electron chi connectivity index (χ1n) is 6.39. The van der Waals surface area contributed by atoms with E-state index in [-0.39, 0.29) is 0 Å². The number of aliphatic hydroxyl groups is 1. The number of halogens is 1. The van der Waals surface area contributed by atoms with E-state index in [1.807, 2.05) is 13.8 Å². The highest BCUT2D eigenvalue weighted by molar-refractivity contribution is 9.10. The van der Waals surface area contributed by atoms with Gasteiger partial charge in [-0.3, -0.25) is 0 Å². The molecule has 0 aliphatic carbocycles. The summed E-state index contributed by atoms with van der Waals surface area (Å²) in [6, 6.07) is 4.20. The summed E-state index contributed by atoms with van der Waals surface area (Å²) in [5.41, 5.74) is 1.78. The Hall–Kier alpha value is -0.580. The lowest BCUT2D eigenvalue weighted by Crippen LogP contribution is -2.36. The zero-order chi connectivity index (χ0) is 13.2. The molecular formula is C14H20BrNO2. The van der Waals surface area contributed by atoms with Crippen molar-refractivity contribution in [2.24, 2.45) is 0 Å². The van der Waals surface area contributed by atoms with Gasteiger partial charge in [0.1, 0.15) is 5.75 Å². The predicted octanol–water partition coefficient (Wildman–Crippen LogP) is 2.63. The van der Waals surface area contributed by atoms with Crippen LogP contribution in [0.5, 0.6) is 5.75 Å². The molecule has 100 valence electrons. The maximum atomic E-state index is 9.95. The molecule has 1 aliphatic rings. The molecule has 4 heteroatoms. The van der Waals surface area contributed by atoms with Crippen LogP contribution >= 0.6 is 15.9 Å². The fraction of sp³-hybridized carbons (Fsp3) is 0.571. The zero-order valence-corrected chi connectivity index (χ0v) is 12.5. The van der Waals surface area contributed by atoms with Crippen molar-refractivity contribution < 1.29 is 9.84 Å². The Morgan fingerprint density at radius 2 is 2.28 bits per heavy atom. The Bertz CT molecular complexity index is 432. The van der Waals surface area contributed by atoms with E-state index in [4.69, 9.17) is 4.74 Å². The number of rotatable bonds is 5. The second-order valence-electron chi connectivity index (χ2n) is 5.11. The molecule has 1 unspecified atom stereocenters. The van der Waals surface area contributed by atoms with Gasteiger partial charge in [0.25, 0.3) is 0 Å². The topological polar surface area (TPSA) is 41.5 Å². The minimum absolute atomic E-state index is 0.588. The average molecular weight is 314 g/mol. The molecule has 3 nitrogen and oxygen atoms in total. The van der Waals surface area contributed by atoms with Crippen molar-refractivity contribution in [2.45, 2.75) is 38.8 Å². The first-order chi connectivity index (χ1) is 8.52. The molecule has 0 fully saturated rings. The molecule has 2 rings (SSSR count). The van der Waals surface area contributed by atoms with Crippen LogP contribution in [0.1, 0.15) is 31.4 Å². The van der Waals surface area contributed by atoms with E-state index in [0.717, 1.165) is 41.8 Å². The average Bonchev–Trinajstić information content (AvgIpc) is 2.76. The van der Waals surface area contributed by atoms with E-state index in [1.165, 1.54) is 5.56 Å². The van der Waals surface area contributed by atoms with Crippen molar-refractivity contribution in [2.75, 3.05) is 13.2 Å². The van der Waals surface area contributed by atoms with Crippen LogP contribution in [0, 0.1) is 0 Å². The third-order valence-corrected chi connectivity index (χ3v) is 3.87. The lowest BCUT2D eigenvalue weighted by Gasteiger charge is -2.22. The van der Waals surface area contributed by atoms with Crippen LogP contribution in [0.25, 0.3) is 0 Å². The van der Waals surface area contributed by atoms with Crippen molar-refractivity contribution in [3.63, 3.8) is 0 Å². The Balaban J connectivity index is 2.02. The SMILES string of the molecule is CCC(C)(O)CNCc1cc(Br)cc2c1OCC2. The fourth-order valence-corrected chi connectivity index (χ4v) is 2.62. The van der Waals surface area contributed by atoms with Gasteiger partial charge in [-0.1, -0.05) is 22.9 Å². The molecule has 0 aromatic heterocycles. The number of benzene rings is 1. The van der Waals surface area contributed by atoms with E-state index in [2.05, 4.69) is 33.4 Å². The summed E-state index contributed by atoms with van der Waals surface area (Å²) in [6.45, 7) is 5.91. The molecule has 18 heavy (non-hydrogen) atoms. The van der Waals surface area contributed by atoms with E-state index < -0.39 is 5.60 Å². The van der Waals surface area contributed by atoms with E-state index in [1.54, 1.807) is 0 Å². The number of ether oxygens (including phenoxy) is 1. The molecule has 2 N–H and O–H groups in total. The van der Waals surface area contributed by atoms with Gasteiger partial charge in [0.05, 0.1) is 12.2 Å². The van der Waals surface area contributed by atoms with Crippen LogP contribution in [-0.4, -0.2) is 23.9 Å². The molecule has 1 atom stereocenters. The summed E-state index contributed by atoms with van der Waals surface area (Å²) >= 11 is 3.53. The minimum Gasteiger partial charge on any atom is -0.493 e. The van der Waals surface area contributed by atoms with Crippen molar-refractivity contribution in [3.05, 3.63) is 27.7 Å². The van der Waals surface area contributed by atoms with Crippen LogP contribution in [0.4, 0.5) is 0 Å². The first-order valence-corrected chi connectivity index (χ1v) is 7.18. The van der Waals surface area contributed by atoms with Crippen molar-refractivity contribution in [3.8, 4) is 5.75 Å². The number of nitrogens with one attached hydrogen (secondary N) is 1. The molecule has 1 heterocycles. The lowest BCUT2D eigenvalue weighted by molar-refractivity contribution is 0.0555. The highest BCUT2D eigenvalue weighted by Crippen LogP contribution is 2.32. The molecule has 0 amide bonds. The summed E-state index contributed by atoms with van der Waals surface area (Å²) in [5.74, 6) is 1.02. The second-order valence-corrected chi connectivity index (χ2v) is 6.02. The summed E-state index contributed by atoms with van der Waals surface area (Å²) in [6.07, 6.45) is 1.72. The van der Waals surface area contributed by atoms with E-state index in [0.29, 0.717) is 6.54 Å². The highest BCUT2D eigenvalue weighted by Gasteiger charge is 2.19. The molecular weight excluding hydrogens is 294 g/mol. The van der Waals surface area contributed by atoms with Gasteiger partial charge in [-0.25, -0.2) is 0 Å². The van der Waals surface area contributed by atoms with Gasteiger partial charge in [-0.2, -0.15) is 0 Å². The number of fused-ring (bicyclic) bond motifs is 1. The summed E-state index contributed by atoms with van der Waals surface area (Å²) in [7, 11) is 0. The Morgan fingerprint density at radius 1 is 1.50 bits per heavy atom. The summed E-state index contributed by atoms with van der Waals surface area (Å²) in [5, 5.41) is 13.2. The molecule has 1 aromatic rings. The normalized spacial score (nSPS) is 17.1. The van der Waals surface area contributed by atoms with Crippen molar-refractivity contribution in [1.82, 2.24) is 5.32 Å². The van der Waals surface area contributed by atoms with Gasteiger partial charge in [0.2, 0.25) is 0 Å². The van der Waals surface area contributed by atoms with Crippen molar-refractivity contribution >= 4 is 15.9 Å². The first kappa shape index (κ1) is 13.8. The van der Waals surface area contributed by atoms with Gasteiger partial charge >= 0.3 is 0 Å². The Morgan fingerprint density at radius 3 is 3.00 bits per heavy atom. The third-order valence-electron chi connectivity index (χ3n) is 3.41. The van der Waals surface area contributed by atoms with Crippen LogP contribution in [0.3, 0.4) is 0 Å². The van der Waals surface area contributed by atoms with Gasteiger partial charge in [0, 0.05) is 29.5 Å². The number of hydrogen-bond donors (Lipinski definition) is 2. The van der Waals surface area contributed by atoms with Gasteiger partial charge in [-0.05, 0) is 31.0 Å². The zero-order valence-electron chi connectivity index (χ0n) is 10.9. The molecule has 0 saturated heterocycles. The maximum Gasteiger partial charge on any atom is 0.127 e. The molecule has 1 aliphatic heterocycles. The minimum atomic E-state index is -0.643. The Kier molecular flexibility index (Phi) is 4.30. The van der Waals surface area contributed by atoms with Crippen LogP contribution < -0.4 is 10.1 Å². The predicted molar refractivity (Wildman–Crippen MR) is 76.0 cm³/mol. The maximum absolute atomic E-state index is 9.95. The largest absolute Gasteiger partial charge is 0.493 e. The highest BCUT2D eigenvalue weighted by atomic mass is 79.9. The van der Waals surface area contributed by atoms with E-state index in [9.17, 15) is 5.11 Å². The standard InChI is InChI=1S/C14H20BrNO2/c1-3-14(2,17)9-16-8-11-7-12(15)6-10-4-5-18-13(10)11/h6-7,16-17H,3-5,8-9H2,1-2H3. The van der Waals surface area contributed by atoms with Gasteiger partial charge < -0.3 is 15.2 Å². The molecule has 1 aromatic carbocycles. The fourth-order valence-electron chi connectivity index (χ4n) is 2.07. The van der Waals surface area contributed by atoms with E-state index >= 15 is 0 Å². The third kappa shape index (κ3) is 3.25. The molecule has 0 spiro atoms. The Labute approximate surface area is 117 Å². The monoisotopic (exact) mass is 313 g/mol. The molecule has 0 saturated carbocycles.